The number of carbonyl (C=O) groups excluding carboxylic acids is 1. The lowest BCUT2D eigenvalue weighted by Crippen LogP contribution is -2.55. The number of rotatable bonds is 5. The SMILES string of the molecule is COC(=O)C1(NCC2CC2)CCC(c2ccccc2)CC1. The number of esters is 1. The van der Waals surface area contributed by atoms with Gasteiger partial charge in [-0.15, -0.1) is 0 Å². The molecule has 0 unspecified atom stereocenters. The van der Waals surface area contributed by atoms with Gasteiger partial charge >= 0.3 is 5.97 Å². The van der Waals surface area contributed by atoms with Crippen LogP contribution in [0.1, 0.15) is 50.0 Å². The van der Waals surface area contributed by atoms with Gasteiger partial charge in [0.15, 0.2) is 0 Å². The fourth-order valence-electron chi connectivity index (χ4n) is 3.48. The predicted octanol–water partition coefficient (Wildman–Crippen LogP) is 3.26. The molecule has 3 heteroatoms. The molecule has 0 radical (unpaired) electrons. The zero-order valence-electron chi connectivity index (χ0n) is 12.8. The minimum absolute atomic E-state index is 0.0744. The van der Waals surface area contributed by atoms with E-state index in [9.17, 15) is 4.79 Å². The molecule has 0 atom stereocenters. The van der Waals surface area contributed by atoms with E-state index in [1.807, 2.05) is 0 Å². The lowest BCUT2D eigenvalue weighted by atomic mass is 9.74. The first-order valence-electron chi connectivity index (χ1n) is 8.12. The molecule has 1 aromatic carbocycles. The van der Waals surface area contributed by atoms with Crippen molar-refractivity contribution in [1.29, 1.82) is 0 Å². The summed E-state index contributed by atoms with van der Waals surface area (Å²) in [6.07, 6.45) is 6.47. The lowest BCUT2D eigenvalue weighted by molar-refractivity contribution is -0.150. The summed E-state index contributed by atoms with van der Waals surface area (Å²) >= 11 is 0. The third-order valence-electron chi connectivity index (χ3n) is 5.11. The minimum atomic E-state index is -0.442. The van der Waals surface area contributed by atoms with Crippen molar-refractivity contribution in [3.63, 3.8) is 0 Å². The third kappa shape index (κ3) is 3.29. The van der Waals surface area contributed by atoms with E-state index in [4.69, 9.17) is 4.74 Å². The molecule has 0 amide bonds. The van der Waals surface area contributed by atoms with Crippen LogP contribution in [-0.2, 0) is 9.53 Å². The van der Waals surface area contributed by atoms with Crippen LogP contribution in [0.25, 0.3) is 0 Å². The summed E-state index contributed by atoms with van der Waals surface area (Å²) in [5.41, 5.74) is 0.959. The van der Waals surface area contributed by atoms with E-state index < -0.39 is 5.54 Å². The normalized spacial score (nSPS) is 29.1. The van der Waals surface area contributed by atoms with E-state index in [2.05, 4.69) is 35.6 Å². The molecule has 3 rings (SSSR count). The Kier molecular flexibility index (Phi) is 4.29. The van der Waals surface area contributed by atoms with Crippen molar-refractivity contribution in [1.82, 2.24) is 5.32 Å². The van der Waals surface area contributed by atoms with E-state index in [1.54, 1.807) is 0 Å². The summed E-state index contributed by atoms with van der Waals surface area (Å²) < 4.78 is 5.09. The van der Waals surface area contributed by atoms with Crippen LogP contribution in [-0.4, -0.2) is 25.2 Å². The maximum absolute atomic E-state index is 12.3. The smallest absolute Gasteiger partial charge is 0.326 e. The van der Waals surface area contributed by atoms with Crippen LogP contribution in [0.4, 0.5) is 0 Å². The highest BCUT2D eigenvalue weighted by atomic mass is 16.5. The zero-order chi connectivity index (χ0) is 14.7. The zero-order valence-corrected chi connectivity index (χ0v) is 12.8. The van der Waals surface area contributed by atoms with Crippen LogP contribution in [0.15, 0.2) is 30.3 Å². The molecule has 0 aliphatic heterocycles. The highest BCUT2D eigenvalue weighted by Gasteiger charge is 2.43. The number of nitrogens with one attached hydrogen (secondary N) is 1. The van der Waals surface area contributed by atoms with Crippen molar-refractivity contribution in [3.8, 4) is 0 Å². The molecule has 0 spiro atoms. The highest BCUT2D eigenvalue weighted by molar-refractivity contribution is 5.81. The van der Waals surface area contributed by atoms with Gasteiger partial charge in [0, 0.05) is 0 Å². The van der Waals surface area contributed by atoms with Gasteiger partial charge in [-0.05, 0) is 62.5 Å². The molecule has 21 heavy (non-hydrogen) atoms. The molecule has 0 saturated heterocycles. The van der Waals surface area contributed by atoms with Gasteiger partial charge in [-0.2, -0.15) is 0 Å². The van der Waals surface area contributed by atoms with Gasteiger partial charge < -0.3 is 10.1 Å². The van der Waals surface area contributed by atoms with Crippen LogP contribution >= 0.6 is 0 Å². The van der Waals surface area contributed by atoms with Gasteiger partial charge in [0.05, 0.1) is 7.11 Å². The topological polar surface area (TPSA) is 38.3 Å². The molecule has 1 aromatic rings. The van der Waals surface area contributed by atoms with Crippen molar-refractivity contribution in [2.45, 2.75) is 50.0 Å². The second-order valence-electron chi connectivity index (χ2n) is 6.58. The van der Waals surface area contributed by atoms with E-state index in [0.717, 1.165) is 38.1 Å². The van der Waals surface area contributed by atoms with E-state index >= 15 is 0 Å². The first-order valence-corrected chi connectivity index (χ1v) is 8.12. The number of ether oxygens (including phenoxy) is 1. The van der Waals surface area contributed by atoms with E-state index in [0.29, 0.717) is 5.92 Å². The third-order valence-corrected chi connectivity index (χ3v) is 5.11. The van der Waals surface area contributed by atoms with Crippen molar-refractivity contribution in [2.24, 2.45) is 5.92 Å². The molecular formula is C18H25NO2. The van der Waals surface area contributed by atoms with Gasteiger partial charge in [-0.25, -0.2) is 0 Å². The van der Waals surface area contributed by atoms with Gasteiger partial charge in [-0.3, -0.25) is 4.79 Å². The summed E-state index contributed by atoms with van der Waals surface area (Å²) in [5, 5.41) is 3.55. The summed E-state index contributed by atoms with van der Waals surface area (Å²) in [5.74, 6) is 1.28. The Bertz CT molecular complexity index is 473. The fourth-order valence-corrected chi connectivity index (χ4v) is 3.48. The first-order chi connectivity index (χ1) is 10.2. The number of carbonyl (C=O) groups is 1. The van der Waals surface area contributed by atoms with Gasteiger partial charge in [0.1, 0.15) is 5.54 Å². The molecule has 3 nitrogen and oxygen atoms in total. The molecule has 0 heterocycles. The Labute approximate surface area is 127 Å². The summed E-state index contributed by atoms with van der Waals surface area (Å²) in [6, 6.07) is 10.7. The molecule has 114 valence electrons. The first kappa shape index (κ1) is 14.6. The Morgan fingerprint density at radius 3 is 2.43 bits per heavy atom. The molecule has 0 aromatic heterocycles. The van der Waals surface area contributed by atoms with Crippen LogP contribution < -0.4 is 5.32 Å². The average molecular weight is 287 g/mol. The van der Waals surface area contributed by atoms with Crippen LogP contribution in [0, 0.1) is 5.92 Å². The van der Waals surface area contributed by atoms with Gasteiger partial charge in [-0.1, -0.05) is 30.3 Å². The van der Waals surface area contributed by atoms with E-state index in [-0.39, 0.29) is 5.97 Å². The maximum atomic E-state index is 12.3. The predicted molar refractivity (Wildman–Crippen MR) is 83.1 cm³/mol. The Morgan fingerprint density at radius 1 is 1.19 bits per heavy atom. The molecule has 2 aliphatic carbocycles. The molecule has 0 bridgehead atoms. The Hall–Kier alpha value is -1.35. The van der Waals surface area contributed by atoms with Crippen LogP contribution in [0.2, 0.25) is 0 Å². The summed E-state index contributed by atoms with van der Waals surface area (Å²) in [7, 11) is 1.51. The number of benzene rings is 1. The largest absolute Gasteiger partial charge is 0.468 e. The molecule has 2 aliphatic rings. The Balaban J connectivity index is 1.65. The van der Waals surface area contributed by atoms with Crippen molar-refractivity contribution in [3.05, 3.63) is 35.9 Å². The quantitative estimate of drug-likeness (QED) is 0.845. The molecule has 2 fully saturated rings. The molecular weight excluding hydrogens is 262 g/mol. The van der Waals surface area contributed by atoms with Crippen molar-refractivity contribution in [2.75, 3.05) is 13.7 Å². The second kappa shape index (κ2) is 6.18. The second-order valence-corrected chi connectivity index (χ2v) is 6.58. The lowest BCUT2D eigenvalue weighted by Gasteiger charge is -2.39. The average Bonchev–Trinajstić information content (AvgIpc) is 3.38. The van der Waals surface area contributed by atoms with Gasteiger partial charge in [0.25, 0.3) is 0 Å². The van der Waals surface area contributed by atoms with Crippen molar-refractivity contribution < 1.29 is 9.53 Å². The highest BCUT2D eigenvalue weighted by Crippen LogP contribution is 2.39. The molecule has 1 N–H and O–H groups in total. The number of hydrogen-bond donors (Lipinski definition) is 1. The Morgan fingerprint density at radius 2 is 1.86 bits per heavy atom. The van der Waals surface area contributed by atoms with Crippen LogP contribution in [0.3, 0.4) is 0 Å². The standard InChI is InChI=1S/C18H25NO2/c1-21-17(20)18(19-13-14-7-8-14)11-9-16(10-12-18)15-5-3-2-4-6-15/h2-6,14,16,19H,7-13H2,1H3. The number of hydrogen-bond acceptors (Lipinski definition) is 3. The maximum Gasteiger partial charge on any atom is 0.326 e. The fraction of sp³-hybridized carbons (Fsp3) is 0.611. The van der Waals surface area contributed by atoms with E-state index in [1.165, 1.54) is 25.5 Å². The summed E-state index contributed by atoms with van der Waals surface area (Å²) in [6.45, 7) is 0.963. The van der Waals surface area contributed by atoms with Gasteiger partial charge in [0.2, 0.25) is 0 Å². The summed E-state index contributed by atoms with van der Waals surface area (Å²) in [4.78, 5) is 12.3. The van der Waals surface area contributed by atoms with Crippen LogP contribution in [0.5, 0.6) is 0 Å². The minimum Gasteiger partial charge on any atom is -0.468 e. The molecule has 2 saturated carbocycles. The van der Waals surface area contributed by atoms with Crippen molar-refractivity contribution >= 4 is 5.97 Å². The number of methoxy groups -OCH3 is 1. The monoisotopic (exact) mass is 287 g/mol.